The molecule has 0 bridgehead atoms. The fourth-order valence-corrected chi connectivity index (χ4v) is 5.61. The quantitative estimate of drug-likeness (QED) is 0.576. The van der Waals surface area contributed by atoms with E-state index in [2.05, 4.69) is 17.4 Å². The number of carbonyl (C=O) groups is 1. The number of hydrogen-bond donors (Lipinski definition) is 1. The standard InChI is InChI=1S/C26H28N2O3S/c1-19-8-6-11-24(16-19)28(32(30,31)25-12-4-3-5-13-25)18-26(29)27-20(2)22-15-14-21-9-7-10-23(21)17-22/h3-6,8,11-17,20H,7,9-10,18H2,1-2H3,(H,27,29)/t20-/m0/s1. The van der Waals surface area contributed by atoms with Crippen molar-refractivity contribution < 1.29 is 13.2 Å². The second-order valence-electron chi connectivity index (χ2n) is 8.33. The van der Waals surface area contributed by atoms with Crippen molar-refractivity contribution in [2.75, 3.05) is 10.8 Å². The Balaban J connectivity index is 1.57. The molecule has 0 heterocycles. The Hall–Kier alpha value is -3.12. The molecule has 166 valence electrons. The highest BCUT2D eigenvalue weighted by molar-refractivity contribution is 7.92. The Morgan fingerprint density at radius 3 is 2.47 bits per heavy atom. The van der Waals surface area contributed by atoms with Crippen LogP contribution in [0.15, 0.2) is 77.7 Å². The second kappa shape index (κ2) is 9.17. The molecular formula is C26H28N2O3S. The molecule has 32 heavy (non-hydrogen) atoms. The number of benzene rings is 3. The first-order valence-corrected chi connectivity index (χ1v) is 12.3. The SMILES string of the molecule is Cc1cccc(N(CC(=O)N[C@@H](C)c2ccc3c(c2)CCC3)S(=O)(=O)c2ccccc2)c1. The predicted molar refractivity (Wildman–Crippen MR) is 127 cm³/mol. The second-order valence-corrected chi connectivity index (χ2v) is 10.2. The van der Waals surface area contributed by atoms with Crippen molar-refractivity contribution in [1.29, 1.82) is 0 Å². The summed E-state index contributed by atoms with van der Waals surface area (Å²) in [5.41, 5.74) is 5.15. The third-order valence-corrected chi connectivity index (χ3v) is 7.70. The van der Waals surface area contributed by atoms with E-state index >= 15 is 0 Å². The lowest BCUT2D eigenvalue weighted by Gasteiger charge is -2.25. The zero-order valence-electron chi connectivity index (χ0n) is 18.4. The van der Waals surface area contributed by atoms with Gasteiger partial charge in [-0.2, -0.15) is 0 Å². The van der Waals surface area contributed by atoms with Crippen LogP contribution in [0.2, 0.25) is 0 Å². The summed E-state index contributed by atoms with van der Waals surface area (Å²) in [5, 5.41) is 2.98. The van der Waals surface area contributed by atoms with E-state index in [0.717, 1.165) is 24.0 Å². The van der Waals surface area contributed by atoms with Crippen LogP contribution in [0.5, 0.6) is 0 Å². The lowest BCUT2D eigenvalue weighted by Crippen LogP contribution is -2.41. The van der Waals surface area contributed by atoms with Gasteiger partial charge in [0, 0.05) is 0 Å². The number of hydrogen-bond acceptors (Lipinski definition) is 3. The molecule has 1 amide bonds. The normalized spacial score (nSPS) is 13.9. The molecule has 0 unspecified atom stereocenters. The van der Waals surface area contributed by atoms with Gasteiger partial charge in [-0.3, -0.25) is 9.10 Å². The number of sulfonamides is 1. The van der Waals surface area contributed by atoms with Crippen LogP contribution >= 0.6 is 0 Å². The predicted octanol–water partition coefficient (Wildman–Crippen LogP) is 4.56. The monoisotopic (exact) mass is 448 g/mol. The van der Waals surface area contributed by atoms with Gasteiger partial charge < -0.3 is 5.32 Å². The van der Waals surface area contributed by atoms with Crippen LogP contribution in [-0.4, -0.2) is 20.9 Å². The largest absolute Gasteiger partial charge is 0.348 e. The van der Waals surface area contributed by atoms with E-state index in [1.807, 2.05) is 26.0 Å². The van der Waals surface area contributed by atoms with Crippen molar-refractivity contribution in [2.45, 2.75) is 44.0 Å². The summed E-state index contributed by atoms with van der Waals surface area (Å²) in [4.78, 5) is 13.1. The van der Waals surface area contributed by atoms with Crippen molar-refractivity contribution in [3.8, 4) is 0 Å². The van der Waals surface area contributed by atoms with E-state index in [-0.39, 0.29) is 23.4 Å². The van der Waals surface area contributed by atoms with Crippen LogP contribution in [0.25, 0.3) is 0 Å². The van der Waals surface area contributed by atoms with Crippen LogP contribution < -0.4 is 9.62 Å². The van der Waals surface area contributed by atoms with Gasteiger partial charge in [-0.15, -0.1) is 0 Å². The number of amides is 1. The number of nitrogens with zero attached hydrogens (tertiary/aromatic N) is 1. The summed E-state index contributed by atoms with van der Waals surface area (Å²) < 4.78 is 28.0. The molecule has 1 N–H and O–H groups in total. The Kier molecular flexibility index (Phi) is 6.33. The zero-order chi connectivity index (χ0) is 22.7. The highest BCUT2D eigenvalue weighted by atomic mass is 32.2. The van der Waals surface area contributed by atoms with Crippen molar-refractivity contribution in [1.82, 2.24) is 5.32 Å². The van der Waals surface area contributed by atoms with Gasteiger partial charge in [0.25, 0.3) is 10.0 Å². The fraction of sp³-hybridized carbons (Fsp3) is 0.269. The number of rotatable bonds is 7. The summed E-state index contributed by atoms with van der Waals surface area (Å²) in [6.07, 6.45) is 3.35. The van der Waals surface area contributed by atoms with Gasteiger partial charge in [-0.05, 0) is 79.6 Å². The third kappa shape index (κ3) is 4.70. The van der Waals surface area contributed by atoms with Gasteiger partial charge in [0.05, 0.1) is 16.6 Å². The van der Waals surface area contributed by atoms with Crippen molar-refractivity contribution in [2.24, 2.45) is 0 Å². The summed E-state index contributed by atoms with van der Waals surface area (Å²) >= 11 is 0. The van der Waals surface area contributed by atoms with Crippen LogP contribution in [-0.2, 0) is 27.7 Å². The fourth-order valence-electron chi connectivity index (χ4n) is 4.18. The molecule has 1 atom stereocenters. The Labute approximate surface area is 190 Å². The molecule has 0 radical (unpaired) electrons. The maximum atomic E-state index is 13.4. The number of nitrogens with one attached hydrogen (secondary N) is 1. The smallest absolute Gasteiger partial charge is 0.264 e. The zero-order valence-corrected chi connectivity index (χ0v) is 19.2. The van der Waals surface area contributed by atoms with Crippen molar-refractivity contribution >= 4 is 21.6 Å². The molecule has 3 aromatic rings. The first-order chi connectivity index (χ1) is 15.3. The Morgan fingerprint density at radius 1 is 0.969 bits per heavy atom. The Morgan fingerprint density at radius 2 is 1.72 bits per heavy atom. The average Bonchev–Trinajstić information content (AvgIpc) is 3.26. The summed E-state index contributed by atoms with van der Waals surface area (Å²) in [6.45, 7) is 3.53. The molecule has 3 aromatic carbocycles. The van der Waals surface area contributed by atoms with E-state index in [4.69, 9.17) is 0 Å². The topological polar surface area (TPSA) is 66.5 Å². The molecule has 0 aliphatic heterocycles. The molecular weight excluding hydrogens is 420 g/mol. The molecule has 0 saturated heterocycles. The first kappa shape index (κ1) is 22.1. The molecule has 4 rings (SSSR count). The van der Waals surface area contributed by atoms with Gasteiger partial charge in [0.2, 0.25) is 5.91 Å². The number of fused-ring (bicyclic) bond motifs is 1. The lowest BCUT2D eigenvalue weighted by atomic mass is 10.0. The van der Waals surface area contributed by atoms with Gasteiger partial charge in [0.15, 0.2) is 0 Å². The van der Waals surface area contributed by atoms with E-state index < -0.39 is 10.0 Å². The van der Waals surface area contributed by atoms with Gasteiger partial charge >= 0.3 is 0 Å². The molecule has 0 saturated carbocycles. The van der Waals surface area contributed by atoms with E-state index in [1.165, 1.54) is 21.9 Å². The Bertz CT molecular complexity index is 1220. The third-order valence-electron chi connectivity index (χ3n) is 5.91. The number of anilines is 1. The van der Waals surface area contributed by atoms with Gasteiger partial charge in [-0.25, -0.2) is 8.42 Å². The highest BCUT2D eigenvalue weighted by Gasteiger charge is 2.27. The summed E-state index contributed by atoms with van der Waals surface area (Å²) in [5.74, 6) is -0.348. The van der Waals surface area contributed by atoms with E-state index in [9.17, 15) is 13.2 Å². The highest BCUT2D eigenvalue weighted by Crippen LogP contribution is 2.26. The molecule has 0 spiro atoms. The minimum absolute atomic E-state index is 0.154. The molecule has 5 nitrogen and oxygen atoms in total. The molecule has 1 aliphatic carbocycles. The maximum Gasteiger partial charge on any atom is 0.264 e. The number of aryl methyl sites for hydroxylation is 3. The van der Waals surface area contributed by atoms with E-state index in [1.54, 1.807) is 48.5 Å². The van der Waals surface area contributed by atoms with Crippen LogP contribution in [0, 0.1) is 6.92 Å². The molecule has 0 fully saturated rings. The van der Waals surface area contributed by atoms with Crippen molar-refractivity contribution in [3.63, 3.8) is 0 Å². The van der Waals surface area contributed by atoms with E-state index in [0.29, 0.717) is 5.69 Å². The van der Waals surface area contributed by atoms with Crippen LogP contribution in [0.1, 0.15) is 41.6 Å². The lowest BCUT2D eigenvalue weighted by molar-refractivity contribution is -0.120. The summed E-state index contributed by atoms with van der Waals surface area (Å²) in [7, 11) is -3.90. The first-order valence-electron chi connectivity index (χ1n) is 10.9. The van der Waals surface area contributed by atoms with Crippen molar-refractivity contribution in [3.05, 3.63) is 95.1 Å². The van der Waals surface area contributed by atoms with Gasteiger partial charge in [-0.1, -0.05) is 48.5 Å². The molecule has 0 aromatic heterocycles. The summed E-state index contributed by atoms with van der Waals surface area (Å²) in [6, 6.07) is 21.5. The molecule has 6 heteroatoms. The average molecular weight is 449 g/mol. The van der Waals surface area contributed by atoms with Crippen LogP contribution in [0.4, 0.5) is 5.69 Å². The maximum absolute atomic E-state index is 13.4. The minimum Gasteiger partial charge on any atom is -0.348 e. The number of carbonyl (C=O) groups excluding carboxylic acids is 1. The van der Waals surface area contributed by atoms with Gasteiger partial charge in [0.1, 0.15) is 6.54 Å². The van der Waals surface area contributed by atoms with Crippen LogP contribution in [0.3, 0.4) is 0 Å². The molecule has 1 aliphatic rings. The minimum atomic E-state index is -3.90.